The SMILES string of the molecule is CCCc1cnc(NC(C)CN)nc1. The van der Waals surface area contributed by atoms with Crippen LogP contribution in [0.2, 0.25) is 0 Å². The Morgan fingerprint density at radius 1 is 1.43 bits per heavy atom. The van der Waals surface area contributed by atoms with E-state index in [1.165, 1.54) is 5.56 Å². The van der Waals surface area contributed by atoms with Crippen molar-refractivity contribution in [2.24, 2.45) is 5.73 Å². The Balaban J connectivity index is 2.54. The second-order valence-corrected chi connectivity index (χ2v) is 3.45. The molecule has 0 bridgehead atoms. The van der Waals surface area contributed by atoms with Crippen molar-refractivity contribution in [1.82, 2.24) is 9.97 Å². The van der Waals surface area contributed by atoms with Crippen LogP contribution in [0, 0.1) is 0 Å². The maximum atomic E-state index is 5.48. The molecular formula is C10H18N4. The zero-order valence-corrected chi connectivity index (χ0v) is 8.83. The molecule has 0 amide bonds. The highest BCUT2D eigenvalue weighted by Gasteiger charge is 2.00. The summed E-state index contributed by atoms with van der Waals surface area (Å²) < 4.78 is 0. The topological polar surface area (TPSA) is 63.8 Å². The summed E-state index contributed by atoms with van der Waals surface area (Å²) in [6, 6.07) is 0.215. The van der Waals surface area contributed by atoms with Crippen molar-refractivity contribution >= 4 is 5.95 Å². The quantitative estimate of drug-likeness (QED) is 0.739. The Labute approximate surface area is 85.0 Å². The standard InChI is InChI=1S/C10H18N4/c1-3-4-9-6-12-10(13-7-9)14-8(2)5-11/h6-8H,3-5,11H2,1-2H3,(H,12,13,14). The van der Waals surface area contributed by atoms with E-state index in [0.717, 1.165) is 12.8 Å². The first-order valence-corrected chi connectivity index (χ1v) is 5.03. The normalized spacial score (nSPS) is 12.5. The molecule has 0 radical (unpaired) electrons. The third-order valence-electron chi connectivity index (χ3n) is 1.97. The molecule has 0 spiro atoms. The lowest BCUT2D eigenvalue weighted by atomic mass is 10.2. The first-order valence-electron chi connectivity index (χ1n) is 5.03. The lowest BCUT2D eigenvalue weighted by Crippen LogP contribution is -2.26. The summed E-state index contributed by atoms with van der Waals surface area (Å²) in [5.74, 6) is 0.655. The third kappa shape index (κ3) is 3.30. The highest BCUT2D eigenvalue weighted by molar-refractivity contribution is 5.26. The van der Waals surface area contributed by atoms with Gasteiger partial charge < -0.3 is 11.1 Å². The number of aryl methyl sites for hydroxylation is 1. The Morgan fingerprint density at radius 3 is 2.57 bits per heavy atom. The average Bonchev–Trinajstić information content (AvgIpc) is 2.21. The molecule has 4 heteroatoms. The predicted octanol–water partition coefficient (Wildman–Crippen LogP) is 1.19. The van der Waals surface area contributed by atoms with E-state index in [-0.39, 0.29) is 6.04 Å². The molecule has 1 aromatic heterocycles. The summed E-state index contributed by atoms with van der Waals surface area (Å²) in [5, 5.41) is 3.11. The lowest BCUT2D eigenvalue weighted by Gasteiger charge is -2.10. The van der Waals surface area contributed by atoms with Crippen LogP contribution in [-0.2, 0) is 6.42 Å². The van der Waals surface area contributed by atoms with Gasteiger partial charge >= 0.3 is 0 Å². The van der Waals surface area contributed by atoms with Crippen molar-refractivity contribution in [2.75, 3.05) is 11.9 Å². The number of nitrogens with zero attached hydrogens (tertiary/aromatic N) is 2. The van der Waals surface area contributed by atoms with Gasteiger partial charge in [0.15, 0.2) is 0 Å². The van der Waals surface area contributed by atoms with E-state index in [2.05, 4.69) is 22.2 Å². The summed E-state index contributed by atoms with van der Waals surface area (Å²) in [5.41, 5.74) is 6.66. The van der Waals surface area contributed by atoms with Gasteiger partial charge in [-0.2, -0.15) is 0 Å². The van der Waals surface area contributed by atoms with E-state index < -0.39 is 0 Å². The number of nitrogens with two attached hydrogens (primary N) is 1. The van der Waals surface area contributed by atoms with E-state index in [1.54, 1.807) is 0 Å². The van der Waals surface area contributed by atoms with Gasteiger partial charge in [0, 0.05) is 25.0 Å². The first-order chi connectivity index (χ1) is 6.76. The van der Waals surface area contributed by atoms with E-state index >= 15 is 0 Å². The molecule has 1 atom stereocenters. The van der Waals surface area contributed by atoms with Gasteiger partial charge in [0.2, 0.25) is 5.95 Å². The smallest absolute Gasteiger partial charge is 0.222 e. The van der Waals surface area contributed by atoms with Crippen LogP contribution < -0.4 is 11.1 Å². The molecule has 0 aromatic carbocycles. The van der Waals surface area contributed by atoms with E-state index in [0.29, 0.717) is 12.5 Å². The van der Waals surface area contributed by atoms with Crippen LogP contribution in [0.5, 0.6) is 0 Å². The molecule has 1 heterocycles. The zero-order valence-electron chi connectivity index (χ0n) is 8.83. The molecule has 1 aromatic rings. The second kappa shape index (κ2) is 5.54. The molecule has 1 rings (SSSR count). The molecule has 0 saturated carbocycles. The summed E-state index contributed by atoms with van der Waals surface area (Å²) in [6.45, 7) is 4.73. The minimum Gasteiger partial charge on any atom is -0.351 e. The molecule has 0 fully saturated rings. The fraction of sp³-hybridized carbons (Fsp3) is 0.600. The van der Waals surface area contributed by atoms with E-state index in [9.17, 15) is 0 Å². The zero-order chi connectivity index (χ0) is 10.4. The van der Waals surface area contributed by atoms with Gasteiger partial charge in [0.05, 0.1) is 0 Å². The molecule has 0 aliphatic carbocycles. The van der Waals surface area contributed by atoms with E-state index in [4.69, 9.17) is 5.73 Å². The van der Waals surface area contributed by atoms with Crippen LogP contribution in [-0.4, -0.2) is 22.6 Å². The van der Waals surface area contributed by atoms with Crippen molar-refractivity contribution in [3.05, 3.63) is 18.0 Å². The molecular weight excluding hydrogens is 176 g/mol. The van der Waals surface area contributed by atoms with Gasteiger partial charge in [-0.05, 0) is 18.9 Å². The fourth-order valence-corrected chi connectivity index (χ4v) is 1.13. The molecule has 0 saturated heterocycles. The van der Waals surface area contributed by atoms with Crippen LogP contribution in [0.4, 0.5) is 5.95 Å². The van der Waals surface area contributed by atoms with Crippen molar-refractivity contribution in [1.29, 1.82) is 0 Å². The molecule has 1 unspecified atom stereocenters. The summed E-state index contributed by atoms with van der Waals surface area (Å²) in [6.07, 6.45) is 5.88. The Morgan fingerprint density at radius 2 is 2.07 bits per heavy atom. The average molecular weight is 194 g/mol. The summed E-state index contributed by atoms with van der Waals surface area (Å²) in [4.78, 5) is 8.41. The predicted molar refractivity (Wildman–Crippen MR) is 58.2 cm³/mol. The van der Waals surface area contributed by atoms with Gasteiger partial charge in [-0.1, -0.05) is 13.3 Å². The first kappa shape index (κ1) is 10.9. The van der Waals surface area contributed by atoms with Crippen molar-refractivity contribution in [2.45, 2.75) is 32.7 Å². The Hall–Kier alpha value is -1.16. The van der Waals surface area contributed by atoms with Crippen molar-refractivity contribution < 1.29 is 0 Å². The van der Waals surface area contributed by atoms with E-state index in [1.807, 2.05) is 19.3 Å². The number of hydrogen-bond donors (Lipinski definition) is 2. The van der Waals surface area contributed by atoms with Crippen LogP contribution in [0.25, 0.3) is 0 Å². The molecule has 4 nitrogen and oxygen atoms in total. The molecule has 0 aliphatic rings. The number of anilines is 1. The number of rotatable bonds is 5. The molecule has 0 aliphatic heterocycles. The monoisotopic (exact) mass is 194 g/mol. The maximum absolute atomic E-state index is 5.48. The van der Waals surface area contributed by atoms with Gasteiger partial charge in [-0.15, -0.1) is 0 Å². The van der Waals surface area contributed by atoms with Crippen molar-refractivity contribution in [3.63, 3.8) is 0 Å². The minimum absolute atomic E-state index is 0.215. The van der Waals surface area contributed by atoms with Crippen LogP contribution in [0.1, 0.15) is 25.8 Å². The molecule has 14 heavy (non-hydrogen) atoms. The molecule has 3 N–H and O–H groups in total. The van der Waals surface area contributed by atoms with Gasteiger partial charge in [-0.25, -0.2) is 9.97 Å². The minimum atomic E-state index is 0.215. The van der Waals surface area contributed by atoms with Crippen LogP contribution in [0.15, 0.2) is 12.4 Å². The van der Waals surface area contributed by atoms with Gasteiger partial charge in [-0.3, -0.25) is 0 Å². The van der Waals surface area contributed by atoms with Crippen LogP contribution in [0.3, 0.4) is 0 Å². The van der Waals surface area contributed by atoms with Gasteiger partial charge in [0.1, 0.15) is 0 Å². The van der Waals surface area contributed by atoms with Gasteiger partial charge in [0.25, 0.3) is 0 Å². The second-order valence-electron chi connectivity index (χ2n) is 3.45. The fourth-order valence-electron chi connectivity index (χ4n) is 1.13. The number of hydrogen-bond acceptors (Lipinski definition) is 4. The largest absolute Gasteiger partial charge is 0.351 e. The third-order valence-corrected chi connectivity index (χ3v) is 1.97. The number of nitrogens with one attached hydrogen (secondary N) is 1. The highest BCUT2D eigenvalue weighted by Crippen LogP contribution is 2.03. The maximum Gasteiger partial charge on any atom is 0.222 e. The highest BCUT2D eigenvalue weighted by atomic mass is 15.1. The summed E-state index contributed by atoms with van der Waals surface area (Å²) in [7, 11) is 0. The summed E-state index contributed by atoms with van der Waals surface area (Å²) >= 11 is 0. The Kier molecular flexibility index (Phi) is 4.32. The molecule has 78 valence electrons. The van der Waals surface area contributed by atoms with Crippen LogP contribution >= 0.6 is 0 Å². The number of aromatic nitrogens is 2. The Bertz CT molecular complexity index is 257. The lowest BCUT2D eigenvalue weighted by molar-refractivity contribution is 0.787. The van der Waals surface area contributed by atoms with Crippen molar-refractivity contribution in [3.8, 4) is 0 Å².